The summed E-state index contributed by atoms with van der Waals surface area (Å²) >= 11 is 20.1. The Morgan fingerprint density at radius 2 is 1.71 bits per heavy atom. The minimum absolute atomic E-state index is 0.425. The molecular formula is C23H16Cl2N4S2. The van der Waals surface area contributed by atoms with Crippen LogP contribution in [0.15, 0.2) is 82.9 Å². The Labute approximate surface area is 200 Å². The van der Waals surface area contributed by atoms with E-state index in [0.717, 1.165) is 27.0 Å². The zero-order valence-electron chi connectivity index (χ0n) is 16.4. The van der Waals surface area contributed by atoms with E-state index < -0.39 is 6.17 Å². The highest BCUT2D eigenvalue weighted by Gasteiger charge is 2.39. The Morgan fingerprint density at radius 3 is 2.42 bits per heavy atom. The van der Waals surface area contributed by atoms with Gasteiger partial charge in [0.1, 0.15) is 5.04 Å². The molecule has 0 bridgehead atoms. The molecule has 0 unspecified atom stereocenters. The maximum absolute atomic E-state index is 6.57. The minimum atomic E-state index is -0.425. The van der Waals surface area contributed by atoms with E-state index in [2.05, 4.69) is 31.2 Å². The van der Waals surface area contributed by atoms with Gasteiger partial charge in [-0.05, 0) is 55.2 Å². The number of halogens is 2. The third-order valence-corrected chi connectivity index (χ3v) is 6.90. The van der Waals surface area contributed by atoms with Crippen LogP contribution in [0.5, 0.6) is 0 Å². The highest BCUT2D eigenvalue weighted by molar-refractivity contribution is 8.27. The van der Waals surface area contributed by atoms with Crippen molar-refractivity contribution in [3.05, 3.63) is 99.5 Å². The van der Waals surface area contributed by atoms with Crippen LogP contribution < -0.4 is 4.90 Å². The van der Waals surface area contributed by atoms with E-state index in [1.807, 2.05) is 47.4 Å². The van der Waals surface area contributed by atoms with Gasteiger partial charge in [0.2, 0.25) is 5.11 Å². The van der Waals surface area contributed by atoms with Crippen LogP contribution in [-0.4, -0.2) is 20.3 Å². The van der Waals surface area contributed by atoms with Crippen molar-refractivity contribution in [2.45, 2.75) is 13.1 Å². The second-order valence-electron chi connectivity index (χ2n) is 7.12. The van der Waals surface area contributed by atoms with Crippen LogP contribution in [-0.2, 0) is 0 Å². The van der Waals surface area contributed by atoms with E-state index in [4.69, 9.17) is 45.5 Å². The average Bonchev–Trinajstić information content (AvgIpc) is 3.19. The van der Waals surface area contributed by atoms with Gasteiger partial charge in [0.25, 0.3) is 0 Å². The van der Waals surface area contributed by atoms with Crippen molar-refractivity contribution in [1.82, 2.24) is 5.01 Å². The molecule has 0 N–H and O–H groups in total. The molecule has 2 aliphatic rings. The Morgan fingerprint density at radius 1 is 0.968 bits per heavy atom. The summed E-state index contributed by atoms with van der Waals surface area (Å²) in [5.41, 5.74) is 3.97. The third kappa shape index (κ3) is 3.85. The lowest BCUT2D eigenvalue weighted by Gasteiger charge is -2.38. The largest absolute Gasteiger partial charge is 0.290 e. The third-order valence-electron chi connectivity index (χ3n) is 5.00. The second-order valence-corrected chi connectivity index (χ2v) is 9.29. The quantitative estimate of drug-likeness (QED) is 0.381. The zero-order chi connectivity index (χ0) is 21.5. The number of hydrogen-bond donors (Lipinski definition) is 0. The molecule has 0 radical (unpaired) electrons. The molecule has 2 heterocycles. The normalized spacial score (nSPS) is 18.0. The summed E-state index contributed by atoms with van der Waals surface area (Å²) in [6.07, 6.45) is -0.425. The highest BCUT2D eigenvalue weighted by Crippen LogP contribution is 2.41. The molecule has 0 spiro atoms. The summed E-state index contributed by atoms with van der Waals surface area (Å²) in [6.45, 7) is 2.06. The fourth-order valence-electron chi connectivity index (χ4n) is 3.43. The Hall–Kier alpha value is -2.38. The molecule has 0 aromatic heterocycles. The molecule has 2 aliphatic heterocycles. The summed E-state index contributed by atoms with van der Waals surface area (Å²) in [7, 11) is 0. The number of fused-ring (bicyclic) bond motifs is 1. The van der Waals surface area contributed by atoms with Gasteiger partial charge >= 0.3 is 0 Å². The van der Waals surface area contributed by atoms with Gasteiger partial charge in [-0.2, -0.15) is 10.1 Å². The number of nitrogens with zero attached hydrogens (tertiary/aromatic N) is 4. The molecule has 8 heteroatoms. The van der Waals surface area contributed by atoms with Gasteiger partial charge in [0, 0.05) is 26.9 Å². The lowest BCUT2D eigenvalue weighted by atomic mass is 10.1. The van der Waals surface area contributed by atoms with Crippen LogP contribution in [0.25, 0.3) is 0 Å². The van der Waals surface area contributed by atoms with Gasteiger partial charge in [-0.1, -0.05) is 77.3 Å². The van der Waals surface area contributed by atoms with Gasteiger partial charge < -0.3 is 0 Å². The van der Waals surface area contributed by atoms with Crippen LogP contribution in [0.2, 0.25) is 10.0 Å². The molecule has 0 saturated heterocycles. The highest BCUT2D eigenvalue weighted by atomic mass is 35.5. The molecule has 31 heavy (non-hydrogen) atoms. The average molecular weight is 483 g/mol. The number of thioether (sulfide) groups is 1. The predicted molar refractivity (Wildman–Crippen MR) is 135 cm³/mol. The zero-order valence-corrected chi connectivity index (χ0v) is 19.5. The second kappa shape index (κ2) is 8.28. The molecule has 1 atom stereocenters. The maximum Gasteiger partial charge on any atom is 0.205 e. The number of amidine groups is 1. The fourth-order valence-corrected chi connectivity index (χ4v) is 5.24. The van der Waals surface area contributed by atoms with E-state index >= 15 is 0 Å². The lowest BCUT2D eigenvalue weighted by molar-refractivity contribution is 0.598. The van der Waals surface area contributed by atoms with Crippen molar-refractivity contribution in [3.8, 4) is 0 Å². The fraction of sp³-hybridized carbons (Fsp3) is 0.0870. The van der Waals surface area contributed by atoms with Crippen molar-refractivity contribution in [2.75, 3.05) is 4.90 Å². The lowest BCUT2D eigenvalue weighted by Crippen LogP contribution is -2.47. The van der Waals surface area contributed by atoms with Crippen LogP contribution in [0, 0.1) is 6.92 Å². The number of benzene rings is 3. The van der Waals surface area contributed by atoms with Crippen molar-refractivity contribution in [1.29, 1.82) is 0 Å². The number of hydrazone groups is 1. The smallest absolute Gasteiger partial charge is 0.205 e. The monoisotopic (exact) mass is 482 g/mol. The van der Waals surface area contributed by atoms with Crippen LogP contribution in [0.3, 0.4) is 0 Å². The van der Waals surface area contributed by atoms with Crippen LogP contribution >= 0.6 is 47.2 Å². The maximum atomic E-state index is 6.57. The molecule has 3 aromatic rings. The molecule has 154 valence electrons. The van der Waals surface area contributed by atoms with Crippen molar-refractivity contribution < 1.29 is 0 Å². The topological polar surface area (TPSA) is 31.2 Å². The number of aryl methyl sites for hydroxylation is 1. The van der Waals surface area contributed by atoms with E-state index in [1.165, 1.54) is 17.3 Å². The number of aliphatic imine (C=N–C) groups is 1. The van der Waals surface area contributed by atoms with Crippen molar-refractivity contribution in [3.63, 3.8) is 0 Å². The first kappa shape index (κ1) is 20.5. The van der Waals surface area contributed by atoms with Crippen LogP contribution in [0.1, 0.15) is 22.9 Å². The summed E-state index contributed by atoms with van der Waals surface area (Å²) < 4.78 is 0. The van der Waals surface area contributed by atoms with Gasteiger partial charge in [-0.15, -0.1) is 0 Å². The van der Waals surface area contributed by atoms with Crippen molar-refractivity contribution in [2.24, 2.45) is 10.1 Å². The first-order chi connectivity index (χ1) is 15.0. The minimum Gasteiger partial charge on any atom is -0.290 e. The Kier molecular flexibility index (Phi) is 5.48. The predicted octanol–water partition coefficient (Wildman–Crippen LogP) is 6.87. The van der Waals surface area contributed by atoms with E-state index in [9.17, 15) is 0 Å². The standard InChI is InChI=1S/C23H16Cl2N4S2/c1-14-7-9-15(10-8-14)21-27-29-22(31-21)26-20(18-12-11-16(24)13-19(18)25)28(23(29)30)17-5-3-2-4-6-17/h2-13,20H,1H3/t20-/m1/s1. The summed E-state index contributed by atoms with van der Waals surface area (Å²) in [5.74, 6) is 0. The number of hydrogen-bond acceptors (Lipinski definition) is 4. The Bertz CT molecular complexity index is 1230. The summed E-state index contributed by atoms with van der Waals surface area (Å²) in [6, 6.07) is 23.6. The summed E-state index contributed by atoms with van der Waals surface area (Å²) in [4.78, 5) is 6.98. The van der Waals surface area contributed by atoms with Crippen LogP contribution in [0.4, 0.5) is 5.69 Å². The molecule has 3 aromatic carbocycles. The number of anilines is 1. The molecule has 0 amide bonds. The van der Waals surface area contributed by atoms with Crippen molar-refractivity contribution >= 4 is 68.2 Å². The number of thiocarbonyl (C=S) groups is 1. The van der Waals surface area contributed by atoms with Gasteiger partial charge in [0.15, 0.2) is 11.3 Å². The summed E-state index contributed by atoms with van der Waals surface area (Å²) in [5, 5.41) is 9.75. The molecule has 4 nitrogen and oxygen atoms in total. The SMILES string of the molecule is Cc1ccc(C2=NN3C(=S)N(c4ccccc4)[C@H](c4ccc(Cl)cc4Cl)N=C3S2)cc1. The number of rotatable bonds is 3. The number of para-hydroxylation sites is 1. The van der Waals surface area contributed by atoms with Gasteiger partial charge in [-0.25, -0.2) is 4.99 Å². The molecular weight excluding hydrogens is 467 g/mol. The van der Waals surface area contributed by atoms with Gasteiger partial charge in [-0.3, -0.25) is 4.90 Å². The first-order valence-electron chi connectivity index (χ1n) is 9.56. The molecule has 0 aliphatic carbocycles. The first-order valence-corrected chi connectivity index (χ1v) is 11.5. The van der Waals surface area contributed by atoms with E-state index in [1.54, 1.807) is 11.1 Å². The molecule has 0 saturated carbocycles. The molecule has 0 fully saturated rings. The van der Waals surface area contributed by atoms with E-state index in [-0.39, 0.29) is 0 Å². The van der Waals surface area contributed by atoms with Gasteiger partial charge in [0.05, 0.1) is 0 Å². The Balaban J connectivity index is 1.61. The molecule has 5 rings (SSSR count). The van der Waals surface area contributed by atoms with E-state index in [0.29, 0.717) is 15.2 Å².